The molecule has 1 N–H and O–H groups in total. The summed E-state index contributed by atoms with van der Waals surface area (Å²) in [5.41, 5.74) is 0.701. The predicted molar refractivity (Wildman–Crippen MR) is 45.7 cm³/mol. The van der Waals surface area contributed by atoms with Gasteiger partial charge in [0, 0.05) is 13.2 Å². The smallest absolute Gasteiger partial charge is 0.234 e. The first-order chi connectivity index (χ1) is 5.22. The second kappa shape index (κ2) is 3.43. The summed E-state index contributed by atoms with van der Waals surface area (Å²) in [6, 6.07) is 0. The molecule has 1 aromatic rings. The van der Waals surface area contributed by atoms with Crippen LogP contribution in [0.1, 0.15) is 0 Å². The quantitative estimate of drug-likeness (QED) is 0.628. The number of hydrogen-bond donors (Lipinski definition) is 2. The Morgan fingerprint density at radius 1 is 1.91 bits per heavy atom. The van der Waals surface area contributed by atoms with Gasteiger partial charge in [-0.3, -0.25) is 9.48 Å². The molecule has 0 fully saturated rings. The summed E-state index contributed by atoms with van der Waals surface area (Å²) in [7, 11) is 1.79. The van der Waals surface area contributed by atoms with Crippen LogP contribution in [0.25, 0.3) is 0 Å². The van der Waals surface area contributed by atoms with E-state index in [1.165, 1.54) is 0 Å². The highest BCUT2D eigenvalue weighted by molar-refractivity contribution is 7.81. The molecule has 0 radical (unpaired) electrons. The molecule has 0 aliphatic rings. The minimum atomic E-state index is -0.124. The Kier molecular flexibility index (Phi) is 2.53. The van der Waals surface area contributed by atoms with Gasteiger partial charge >= 0.3 is 0 Å². The molecule has 0 saturated heterocycles. The standard InChI is InChI=1S/C6H9N3OS/c1-9-3-5(2-7-9)8-6(10)4-11/h2-3,11H,4H2,1H3,(H,8,10). The van der Waals surface area contributed by atoms with Gasteiger partial charge in [0.2, 0.25) is 5.91 Å². The topological polar surface area (TPSA) is 46.9 Å². The van der Waals surface area contributed by atoms with Crippen molar-refractivity contribution in [2.45, 2.75) is 0 Å². The van der Waals surface area contributed by atoms with Crippen LogP contribution in [0.2, 0.25) is 0 Å². The Labute approximate surface area is 70.0 Å². The molecule has 0 atom stereocenters. The van der Waals surface area contributed by atoms with Crippen LogP contribution in [-0.4, -0.2) is 21.4 Å². The van der Waals surface area contributed by atoms with Crippen molar-refractivity contribution < 1.29 is 4.79 Å². The number of anilines is 1. The van der Waals surface area contributed by atoms with E-state index < -0.39 is 0 Å². The van der Waals surface area contributed by atoms with Crippen molar-refractivity contribution in [3.63, 3.8) is 0 Å². The van der Waals surface area contributed by atoms with Crippen molar-refractivity contribution in [3.8, 4) is 0 Å². The summed E-state index contributed by atoms with van der Waals surface area (Å²) < 4.78 is 1.62. The van der Waals surface area contributed by atoms with Gasteiger partial charge in [-0.2, -0.15) is 17.7 Å². The van der Waals surface area contributed by atoms with Crippen LogP contribution in [0.4, 0.5) is 5.69 Å². The molecular formula is C6H9N3OS. The molecule has 1 aromatic heterocycles. The lowest BCUT2D eigenvalue weighted by Gasteiger charge is -1.95. The Morgan fingerprint density at radius 3 is 3.09 bits per heavy atom. The average molecular weight is 171 g/mol. The zero-order valence-corrected chi connectivity index (χ0v) is 7.01. The van der Waals surface area contributed by atoms with E-state index >= 15 is 0 Å². The highest BCUT2D eigenvalue weighted by Gasteiger charge is 1.99. The minimum Gasteiger partial charge on any atom is -0.323 e. The molecular weight excluding hydrogens is 162 g/mol. The van der Waals surface area contributed by atoms with Gasteiger partial charge in [-0.1, -0.05) is 0 Å². The van der Waals surface area contributed by atoms with E-state index in [-0.39, 0.29) is 11.7 Å². The van der Waals surface area contributed by atoms with Crippen molar-refractivity contribution in [3.05, 3.63) is 12.4 Å². The third-order valence-corrected chi connectivity index (χ3v) is 1.42. The Bertz CT molecular complexity index is 258. The van der Waals surface area contributed by atoms with E-state index in [0.717, 1.165) is 0 Å². The fourth-order valence-corrected chi connectivity index (χ4v) is 0.765. The van der Waals surface area contributed by atoms with E-state index in [4.69, 9.17) is 0 Å². The minimum absolute atomic E-state index is 0.124. The van der Waals surface area contributed by atoms with Gasteiger partial charge in [0.05, 0.1) is 17.6 Å². The van der Waals surface area contributed by atoms with Gasteiger partial charge in [-0.05, 0) is 0 Å². The predicted octanol–water partition coefficient (Wildman–Crippen LogP) is 0.288. The summed E-state index contributed by atoms with van der Waals surface area (Å²) >= 11 is 3.81. The van der Waals surface area contributed by atoms with Crippen LogP contribution in [-0.2, 0) is 11.8 Å². The second-order valence-corrected chi connectivity index (χ2v) is 2.43. The molecule has 0 spiro atoms. The van der Waals surface area contributed by atoms with Crippen molar-refractivity contribution in [2.75, 3.05) is 11.1 Å². The lowest BCUT2D eigenvalue weighted by molar-refractivity contribution is -0.113. The Hall–Kier alpha value is -0.970. The van der Waals surface area contributed by atoms with Crippen LogP contribution in [0.15, 0.2) is 12.4 Å². The fraction of sp³-hybridized carbons (Fsp3) is 0.333. The monoisotopic (exact) mass is 171 g/mol. The largest absolute Gasteiger partial charge is 0.323 e. The Balaban J connectivity index is 2.57. The maximum absolute atomic E-state index is 10.8. The number of nitrogens with zero attached hydrogens (tertiary/aromatic N) is 2. The van der Waals surface area contributed by atoms with E-state index in [1.807, 2.05) is 0 Å². The second-order valence-electron chi connectivity index (χ2n) is 2.11. The van der Waals surface area contributed by atoms with Crippen molar-refractivity contribution in [1.82, 2.24) is 9.78 Å². The summed E-state index contributed by atoms with van der Waals surface area (Å²) in [6.07, 6.45) is 3.31. The molecule has 0 unspecified atom stereocenters. The number of hydrogen-bond acceptors (Lipinski definition) is 3. The van der Waals surface area contributed by atoms with Gasteiger partial charge in [0.1, 0.15) is 0 Å². The van der Waals surface area contributed by atoms with Crippen LogP contribution in [0, 0.1) is 0 Å². The number of carbonyl (C=O) groups is 1. The molecule has 1 rings (SSSR count). The number of nitrogens with one attached hydrogen (secondary N) is 1. The lowest BCUT2D eigenvalue weighted by Crippen LogP contribution is -2.11. The van der Waals surface area contributed by atoms with Crippen molar-refractivity contribution in [2.24, 2.45) is 7.05 Å². The van der Waals surface area contributed by atoms with Crippen LogP contribution < -0.4 is 5.32 Å². The first-order valence-corrected chi connectivity index (χ1v) is 3.75. The molecule has 4 nitrogen and oxygen atoms in total. The van der Waals surface area contributed by atoms with E-state index in [2.05, 4.69) is 23.0 Å². The fourth-order valence-electron chi connectivity index (χ4n) is 0.686. The molecule has 60 valence electrons. The zero-order valence-electron chi connectivity index (χ0n) is 6.11. The first kappa shape index (κ1) is 8.13. The summed E-state index contributed by atoms with van der Waals surface area (Å²) in [5.74, 6) is 0.0656. The third kappa shape index (κ3) is 2.27. The number of aryl methyl sites for hydroxylation is 1. The lowest BCUT2D eigenvalue weighted by atomic mass is 10.5. The van der Waals surface area contributed by atoms with Crippen LogP contribution >= 0.6 is 12.6 Å². The van der Waals surface area contributed by atoms with E-state index in [9.17, 15) is 4.79 Å². The number of carbonyl (C=O) groups excluding carboxylic acids is 1. The number of thiol groups is 1. The average Bonchev–Trinajstić information content (AvgIpc) is 2.35. The molecule has 0 aliphatic carbocycles. The highest BCUT2D eigenvalue weighted by Crippen LogP contribution is 2.02. The third-order valence-electron chi connectivity index (χ3n) is 1.13. The molecule has 0 aliphatic heterocycles. The highest BCUT2D eigenvalue weighted by atomic mass is 32.1. The van der Waals surface area contributed by atoms with Crippen molar-refractivity contribution >= 4 is 24.2 Å². The summed E-state index contributed by atoms with van der Waals surface area (Å²) in [5, 5.41) is 6.49. The maximum atomic E-state index is 10.8. The van der Waals surface area contributed by atoms with Gasteiger partial charge in [0.15, 0.2) is 0 Å². The molecule has 5 heteroatoms. The van der Waals surface area contributed by atoms with E-state index in [1.54, 1.807) is 24.1 Å². The Morgan fingerprint density at radius 2 is 2.64 bits per heavy atom. The van der Waals surface area contributed by atoms with Crippen LogP contribution in [0.3, 0.4) is 0 Å². The number of aromatic nitrogens is 2. The molecule has 11 heavy (non-hydrogen) atoms. The maximum Gasteiger partial charge on any atom is 0.234 e. The number of rotatable bonds is 2. The zero-order chi connectivity index (χ0) is 8.27. The van der Waals surface area contributed by atoms with Crippen molar-refractivity contribution in [1.29, 1.82) is 0 Å². The van der Waals surface area contributed by atoms with Gasteiger partial charge in [-0.25, -0.2) is 0 Å². The van der Waals surface area contributed by atoms with Gasteiger partial charge in [-0.15, -0.1) is 0 Å². The first-order valence-electron chi connectivity index (χ1n) is 3.11. The van der Waals surface area contributed by atoms with E-state index in [0.29, 0.717) is 5.69 Å². The molecule has 0 saturated carbocycles. The van der Waals surface area contributed by atoms with Gasteiger partial charge in [0.25, 0.3) is 0 Å². The molecule has 0 aromatic carbocycles. The summed E-state index contributed by atoms with van der Waals surface area (Å²) in [4.78, 5) is 10.8. The SMILES string of the molecule is Cn1cc(NC(=O)CS)cn1. The van der Waals surface area contributed by atoms with Gasteiger partial charge < -0.3 is 5.32 Å². The number of amides is 1. The van der Waals surface area contributed by atoms with Crippen LogP contribution in [0.5, 0.6) is 0 Å². The normalized spacial score (nSPS) is 9.64. The molecule has 1 amide bonds. The molecule has 0 bridgehead atoms. The molecule has 1 heterocycles. The summed E-state index contributed by atoms with van der Waals surface area (Å²) in [6.45, 7) is 0.